The van der Waals surface area contributed by atoms with Crippen LogP contribution >= 0.6 is 0 Å². The fourth-order valence-electron chi connectivity index (χ4n) is 8.75. The Hall–Kier alpha value is -0.560. The fourth-order valence-corrected chi connectivity index (χ4v) is 8.75. The molecule has 2 fully saturated rings. The minimum atomic E-state index is 0.938. The van der Waals surface area contributed by atoms with E-state index in [0.717, 1.165) is 48.7 Å². The SMILES string of the molecule is CCCC1CCC(CCC2CC=C(CCOCCC3=CCC(CCC4CCC(CCC)CC4)CC3)CC2)CC1. The highest BCUT2D eigenvalue weighted by molar-refractivity contribution is 5.07. The van der Waals surface area contributed by atoms with Crippen LogP contribution in [0.4, 0.5) is 0 Å². The lowest BCUT2D eigenvalue weighted by Gasteiger charge is -2.30. The molecular weight excluding hydrogens is 472 g/mol. The number of hydrogen-bond acceptors (Lipinski definition) is 1. The Labute approximate surface area is 244 Å². The monoisotopic (exact) mass is 539 g/mol. The van der Waals surface area contributed by atoms with Gasteiger partial charge in [0, 0.05) is 0 Å². The van der Waals surface area contributed by atoms with Crippen LogP contribution in [0.2, 0.25) is 0 Å². The van der Waals surface area contributed by atoms with E-state index in [2.05, 4.69) is 26.0 Å². The third kappa shape index (κ3) is 11.7. The molecule has 0 aliphatic heterocycles. The van der Waals surface area contributed by atoms with Gasteiger partial charge in [-0.2, -0.15) is 0 Å². The first-order chi connectivity index (χ1) is 19.2. The molecule has 0 saturated heterocycles. The molecule has 4 aliphatic carbocycles. The van der Waals surface area contributed by atoms with Crippen molar-refractivity contribution < 1.29 is 4.74 Å². The van der Waals surface area contributed by atoms with Gasteiger partial charge in [0.15, 0.2) is 0 Å². The maximum atomic E-state index is 6.12. The van der Waals surface area contributed by atoms with Crippen molar-refractivity contribution in [3.8, 4) is 0 Å². The maximum absolute atomic E-state index is 6.12. The molecule has 0 spiro atoms. The Balaban J connectivity index is 0.982. The molecule has 1 nitrogen and oxygen atoms in total. The average molecular weight is 539 g/mol. The van der Waals surface area contributed by atoms with Crippen LogP contribution in [-0.2, 0) is 4.74 Å². The van der Waals surface area contributed by atoms with Crippen molar-refractivity contribution in [2.24, 2.45) is 35.5 Å². The van der Waals surface area contributed by atoms with E-state index in [1.165, 1.54) is 154 Å². The molecule has 0 radical (unpaired) electrons. The predicted molar refractivity (Wildman–Crippen MR) is 170 cm³/mol. The van der Waals surface area contributed by atoms with Crippen LogP contribution in [0.25, 0.3) is 0 Å². The summed E-state index contributed by atoms with van der Waals surface area (Å²) in [6.45, 7) is 6.58. The van der Waals surface area contributed by atoms with Gasteiger partial charge in [-0.3, -0.25) is 0 Å². The standard InChI is InChI=1S/C38H66O/c1-3-5-31-7-11-33(12-8-31)15-17-35-19-23-37(24-20-35)27-29-39-30-28-38-25-21-36(22-26-38)18-16-34-13-9-32(6-4-2)10-14-34/h23,25,31-36H,3-22,24,26-30H2,1-2H3. The molecule has 0 N–H and O–H groups in total. The smallest absolute Gasteiger partial charge is 0.0503 e. The van der Waals surface area contributed by atoms with Crippen molar-refractivity contribution in [1.29, 1.82) is 0 Å². The van der Waals surface area contributed by atoms with E-state index in [-0.39, 0.29) is 0 Å². The Bertz CT molecular complexity index is 642. The van der Waals surface area contributed by atoms with Gasteiger partial charge in [-0.15, -0.1) is 0 Å². The van der Waals surface area contributed by atoms with Crippen LogP contribution in [0.15, 0.2) is 23.3 Å². The molecule has 0 aromatic heterocycles. The van der Waals surface area contributed by atoms with Crippen molar-refractivity contribution in [3.05, 3.63) is 23.3 Å². The summed E-state index contributed by atoms with van der Waals surface area (Å²) in [7, 11) is 0. The number of rotatable bonds is 16. The largest absolute Gasteiger partial charge is 0.381 e. The lowest BCUT2D eigenvalue weighted by Crippen LogP contribution is -2.16. The molecule has 39 heavy (non-hydrogen) atoms. The van der Waals surface area contributed by atoms with E-state index < -0.39 is 0 Å². The molecule has 224 valence electrons. The average Bonchev–Trinajstić information content (AvgIpc) is 2.98. The van der Waals surface area contributed by atoms with Crippen molar-refractivity contribution in [2.45, 2.75) is 168 Å². The van der Waals surface area contributed by atoms with Crippen molar-refractivity contribution in [1.82, 2.24) is 0 Å². The number of hydrogen-bond donors (Lipinski definition) is 0. The van der Waals surface area contributed by atoms with Crippen LogP contribution < -0.4 is 0 Å². The molecule has 0 bridgehead atoms. The number of allylic oxidation sites excluding steroid dienone is 2. The molecule has 2 atom stereocenters. The van der Waals surface area contributed by atoms with Crippen LogP contribution in [0, 0.1) is 35.5 Å². The van der Waals surface area contributed by atoms with Gasteiger partial charge < -0.3 is 4.74 Å². The quantitative estimate of drug-likeness (QED) is 0.140. The van der Waals surface area contributed by atoms with E-state index in [0.29, 0.717) is 0 Å². The zero-order valence-electron chi connectivity index (χ0n) is 26.4. The zero-order chi connectivity index (χ0) is 27.1. The Morgan fingerprint density at radius 1 is 0.487 bits per heavy atom. The molecule has 2 saturated carbocycles. The fraction of sp³-hybridized carbons (Fsp3) is 0.895. The van der Waals surface area contributed by atoms with Crippen LogP contribution in [0.3, 0.4) is 0 Å². The van der Waals surface area contributed by atoms with Crippen molar-refractivity contribution >= 4 is 0 Å². The van der Waals surface area contributed by atoms with Gasteiger partial charge in [0.2, 0.25) is 0 Å². The van der Waals surface area contributed by atoms with E-state index in [1.54, 1.807) is 11.1 Å². The van der Waals surface area contributed by atoms with E-state index >= 15 is 0 Å². The normalized spacial score (nSPS) is 32.1. The van der Waals surface area contributed by atoms with Gasteiger partial charge in [0.05, 0.1) is 13.2 Å². The minimum absolute atomic E-state index is 0.938. The predicted octanol–water partition coefficient (Wildman–Crippen LogP) is 12.0. The molecule has 2 unspecified atom stereocenters. The van der Waals surface area contributed by atoms with Gasteiger partial charge >= 0.3 is 0 Å². The number of ether oxygens (including phenoxy) is 1. The summed E-state index contributed by atoms with van der Waals surface area (Å²) in [6.07, 6.45) is 39.6. The summed E-state index contributed by atoms with van der Waals surface area (Å²) in [5.41, 5.74) is 3.37. The summed E-state index contributed by atoms with van der Waals surface area (Å²) >= 11 is 0. The molecule has 0 aromatic carbocycles. The van der Waals surface area contributed by atoms with Crippen LogP contribution in [0.1, 0.15) is 168 Å². The van der Waals surface area contributed by atoms with Gasteiger partial charge in [0.25, 0.3) is 0 Å². The summed E-state index contributed by atoms with van der Waals surface area (Å²) in [5, 5.41) is 0. The van der Waals surface area contributed by atoms with Crippen molar-refractivity contribution in [3.63, 3.8) is 0 Å². The van der Waals surface area contributed by atoms with Gasteiger partial charge in [-0.25, -0.2) is 0 Å². The Morgan fingerprint density at radius 3 is 1.18 bits per heavy atom. The maximum Gasteiger partial charge on any atom is 0.0503 e. The minimum Gasteiger partial charge on any atom is -0.381 e. The lowest BCUT2D eigenvalue weighted by molar-refractivity contribution is 0.138. The second kappa shape index (κ2) is 18.1. The molecule has 0 heterocycles. The van der Waals surface area contributed by atoms with Crippen molar-refractivity contribution in [2.75, 3.05) is 13.2 Å². The summed E-state index contributed by atoms with van der Waals surface area (Å²) in [6, 6.07) is 0. The third-order valence-corrected chi connectivity index (χ3v) is 11.7. The molecular formula is C38H66O. The first-order valence-corrected chi connectivity index (χ1v) is 18.1. The Kier molecular flexibility index (Phi) is 14.5. The highest BCUT2D eigenvalue weighted by atomic mass is 16.5. The third-order valence-electron chi connectivity index (χ3n) is 11.7. The molecule has 4 aliphatic rings. The topological polar surface area (TPSA) is 9.23 Å². The van der Waals surface area contributed by atoms with Crippen LogP contribution in [0.5, 0.6) is 0 Å². The molecule has 4 rings (SSSR count). The van der Waals surface area contributed by atoms with E-state index in [1.807, 2.05) is 0 Å². The highest BCUT2D eigenvalue weighted by Gasteiger charge is 2.24. The van der Waals surface area contributed by atoms with Gasteiger partial charge in [-0.1, -0.05) is 127 Å². The molecule has 1 heteroatoms. The van der Waals surface area contributed by atoms with Crippen LogP contribution in [-0.4, -0.2) is 13.2 Å². The first-order valence-electron chi connectivity index (χ1n) is 18.1. The second-order valence-corrected chi connectivity index (χ2v) is 14.6. The summed E-state index contributed by atoms with van der Waals surface area (Å²) < 4.78 is 6.12. The molecule has 0 amide bonds. The summed E-state index contributed by atoms with van der Waals surface area (Å²) in [4.78, 5) is 0. The second-order valence-electron chi connectivity index (χ2n) is 14.6. The lowest BCUT2D eigenvalue weighted by atomic mass is 9.76. The zero-order valence-corrected chi connectivity index (χ0v) is 26.4. The van der Waals surface area contributed by atoms with E-state index in [9.17, 15) is 0 Å². The van der Waals surface area contributed by atoms with Gasteiger partial charge in [-0.05, 0) is 99.7 Å². The molecule has 0 aromatic rings. The van der Waals surface area contributed by atoms with Gasteiger partial charge in [0.1, 0.15) is 0 Å². The first kappa shape index (κ1) is 31.4. The van der Waals surface area contributed by atoms with E-state index in [4.69, 9.17) is 4.74 Å². The Morgan fingerprint density at radius 2 is 0.846 bits per heavy atom. The summed E-state index contributed by atoms with van der Waals surface area (Å²) in [5.74, 6) is 6.13. The highest BCUT2D eigenvalue weighted by Crippen LogP contribution is 2.38.